The van der Waals surface area contributed by atoms with Gasteiger partial charge in [0.05, 0.1) is 0 Å². The number of carbonyl (C=O) groups excluding carboxylic acids is 2. The van der Waals surface area contributed by atoms with Gasteiger partial charge in [-0.15, -0.1) is 0 Å². The smallest absolute Gasteiger partial charge is 0.251 e. The van der Waals surface area contributed by atoms with Crippen molar-refractivity contribution < 1.29 is 14.0 Å². The van der Waals surface area contributed by atoms with Gasteiger partial charge in [-0.05, 0) is 35.9 Å². The fourth-order valence-corrected chi connectivity index (χ4v) is 2.62. The van der Waals surface area contributed by atoms with E-state index in [0.717, 1.165) is 16.5 Å². The topological polar surface area (TPSA) is 62.6 Å². The Bertz CT molecular complexity index is 922. The summed E-state index contributed by atoms with van der Waals surface area (Å²) >= 11 is 0. The van der Waals surface area contributed by atoms with Crippen LogP contribution in [0.1, 0.15) is 21.7 Å². The molecule has 1 aromatic heterocycles. The van der Waals surface area contributed by atoms with Gasteiger partial charge in [-0.2, -0.15) is 0 Å². The van der Waals surface area contributed by atoms with Crippen molar-refractivity contribution in [3.05, 3.63) is 77.6 Å². The van der Waals surface area contributed by atoms with Crippen LogP contribution in [0.4, 0.5) is 0 Å². The zero-order valence-electron chi connectivity index (χ0n) is 14.7. The number of benzene rings is 2. The number of carbonyl (C=O) groups is 2. The van der Waals surface area contributed by atoms with Crippen LogP contribution in [0, 0.1) is 0 Å². The molecule has 5 heteroatoms. The van der Waals surface area contributed by atoms with Gasteiger partial charge >= 0.3 is 0 Å². The van der Waals surface area contributed by atoms with Crippen LogP contribution in [0.3, 0.4) is 0 Å². The minimum Gasteiger partial charge on any atom is -0.457 e. The highest BCUT2D eigenvalue weighted by Gasteiger charge is 2.08. The van der Waals surface area contributed by atoms with Gasteiger partial charge in [-0.25, -0.2) is 0 Å². The molecular weight excluding hydrogens is 328 g/mol. The van der Waals surface area contributed by atoms with Crippen molar-refractivity contribution in [1.29, 1.82) is 0 Å². The largest absolute Gasteiger partial charge is 0.457 e. The van der Waals surface area contributed by atoms with Gasteiger partial charge in [0, 0.05) is 37.7 Å². The molecule has 2 aromatic carbocycles. The molecule has 0 radical (unpaired) electrons. The Morgan fingerprint density at radius 3 is 2.54 bits per heavy atom. The normalized spacial score (nSPS) is 11.0. The maximum absolute atomic E-state index is 12.3. The Morgan fingerprint density at radius 2 is 1.85 bits per heavy atom. The minimum absolute atomic E-state index is 0.124. The molecule has 5 nitrogen and oxygen atoms in total. The number of likely N-dealkylation sites (N-methyl/N-ethyl adjacent to an activating group) is 1. The van der Waals surface area contributed by atoms with E-state index in [4.69, 9.17) is 4.42 Å². The van der Waals surface area contributed by atoms with Crippen molar-refractivity contribution in [2.75, 3.05) is 14.1 Å². The van der Waals surface area contributed by atoms with Gasteiger partial charge in [-0.1, -0.05) is 30.3 Å². The number of fused-ring (bicyclic) bond motifs is 1. The lowest BCUT2D eigenvalue weighted by atomic mass is 10.1. The second-order valence-electron chi connectivity index (χ2n) is 5.99. The molecule has 0 aliphatic heterocycles. The molecule has 0 atom stereocenters. The second kappa shape index (κ2) is 7.70. The molecular formula is C21H20N2O3. The van der Waals surface area contributed by atoms with E-state index in [2.05, 4.69) is 5.32 Å². The first-order valence-corrected chi connectivity index (χ1v) is 8.29. The van der Waals surface area contributed by atoms with E-state index >= 15 is 0 Å². The first-order valence-electron chi connectivity index (χ1n) is 8.29. The highest BCUT2D eigenvalue weighted by atomic mass is 16.3. The lowest BCUT2D eigenvalue weighted by Crippen LogP contribution is -2.24. The SMILES string of the molecule is CNC(=O)c1ccc(CN(C)C(=O)/C=C/c2cc3ccccc3o2)cc1. The van der Waals surface area contributed by atoms with Gasteiger partial charge < -0.3 is 14.6 Å². The summed E-state index contributed by atoms with van der Waals surface area (Å²) in [4.78, 5) is 25.4. The summed E-state index contributed by atoms with van der Waals surface area (Å²) in [7, 11) is 3.33. The van der Waals surface area contributed by atoms with Crippen molar-refractivity contribution in [1.82, 2.24) is 10.2 Å². The van der Waals surface area contributed by atoms with E-state index in [9.17, 15) is 9.59 Å². The van der Waals surface area contributed by atoms with Gasteiger partial charge in [-0.3, -0.25) is 9.59 Å². The molecule has 0 aliphatic carbocycles. The molecule has 0 fully saturated rings. The standard InChI is InChI=1S/C21H20N2O3/c1-22-21(25)16-9-7-15(8-10-16)14-23(2)20(24)12-11-18-13-17-5-3-4-6-19(17)26-18/h3-13H,14H2,1-2H3,(H,22,25)/b12-11+. The maximum Gasteiger partial charge on any atom is 0.251 e. The first-order chi connectivity index (χ1) is 12.6. The molecule has 1 heterocycles. The van der Waals surface area contributed by atoms with Crippen LogP contribution in [0.25, 0.3) is 17.0 Å². The molecule has 132 valence electrons. The fraction of sp³-hybridized carbons (Fsp3) is 0.143. The van der Waals surface area contributed by atoms with Gasteiger partial charge in [0.1, 0.15) is 11.3 Å². The maximum atomic E-state index is 12.3. The van der Waals surface area contributed by atoms with Crippen LogP contribution in [0.5, 0.6) is 0 Å². The van der Waals surface area contributed by atoms with Crippen LogP contribution in [0.2, 0.25) is 0 Å². The number of nitrogens with zero attached hydrogens (tertiary/aromatic N) is 1. The number of rotatable bonds is 5. The Labute approximate surface area is 151 Å². The zero-order chi connectivity index (χ0) is 18.5. The molecule has 3 aromatic rings. The average Bonchev–Trinajstić information content (AvgIpc) is 3.09. The van der Waals surface area contributed by atoms with E-state index in [1.54, 1.807) is 37.2 Å². The zero-order valence-corrected chi connectivity index (χ0v) is 14.7. The van der Waals surface area contributed by atoms with E-state index in [-0.39, 0.29) is 11.8 Å². The van der Waals surface area contributed by atoms with Crippen LogP contribution in [-0.2, 0) is 11.3 Å². The first kappa shape index (κ1) is 17.5. The summed E-state index contributed by atoms with van der Waals surface area (Å²) in [6, 6.07) is 16.8. The highest BCUT2D eigenvalue weighted by Crippen LogP contribution is 2.19. The van der Waals surface area contributed by atoms with E-state index < -0.39 is 0 Å². The molecule has 0 aliphatic rings. The number of amides is 2. The van der Waals surface area contributed by atoms with Gasteiger partial charge in [0.2, 0.25) is 5.91 Å². The number of hydrogen-bond acceptors (Lipinski definition) is 3. The van der Waals surface area contributed by atoms with Crippen LogP contribution in [0.15, 0.2) is 65.1 Å². The Morgan fingerprint density at radius 1 is 1.12 bits per heavy atom. The van der Waals surface area contributed by atoms with Gasteiger partial charge in [0.25, 0.3) is 5.91 Å². The fourth-order valence-electron chi connectivity index (χ4n) is 2.62. The van der Waals surface area contributed by atoms with Crippen LogP contribution < -0.4 is 5.32 Å². The van der Waals surface area contributed by atoms with Crippen molar-refractivity contribution in [2.24, 2.45) is 0 Å². The summed E-state index contributed by atoms with van der Waals surface area (Å²) in [5, 5.41) is 3.58. The number of para-hydroxylation sites is 1. The molecule has 3 rings (SSSR count). The number of nitrogens with one attached hydrogen (secondary N) is 1. The predicted octanol–water partition coefficient (Wildman–Crippen LogP) is 3.46. The summed E-state index contributed by atoms with van der Waals surface area (Å²) in [5.74, 6) is 0.387. The molecule has 26 heavy (non-hydrogen) atoms. The van der Waals surface area contributed by atoms with E-state index in [1.807, 2.05) is 42.5 Å². The number of hydrogen-bond donors (Lipinski definition) is 1. The Balaban J connectivity index is 1.63. The quantitative estimate of drug-likeness (QED) is 0.718. The summed E-state index contributed by atoms with van der Waals surface area (Å²) in [5.41, 5.74) is 2.34. The van der Waals surface area contributed by atoms with Crippen LogP contribution in [-0.4, -0.2) is 30.8 Å². The monoisotopic (exact) mass is 348 g/mol. The second-order valence-corrected chi connectivity index (χ2v) is 5.99. The van der Waals surface area contributed by atoms with Crippen molar-refractivity contribution >= 4 is 28.9 Å². The summed E-state index contributed by atoms with van der Waals surface area (Å²) in [6.07, 6.45) is 3.17. The Kier molecular flexibility index (Phi) is 5.17. The van der Waals surface area contributed by atoms with E-state index in [1.165, 1.54) is 6.08 Å². The predicted molar refractivity (Wildman–Crippen MR) is 102 cm³/mol. The van der Waals surface area contributed by atoms with Gasteiger partial charge in [0.15, 0.2) is 0 Å². The number of furan rings is 1. The third-order valence-corrected chi connectivity index (χ3v) is 4.07. The minimum atomic E-state index is -0.130. The van der Waals surface area contributed by atoms with Crippen molar-refractivity contribution in [3.63, 3.8) is 0 Å². The van der Waals surface area contributed by atoms with Crippen LogP contribution >= 0.6 is 0 Å². The third-order valence-electron chi connectivity index (χ3n) is 4.07. The summed E-state index contributed by atoms with van der Waals surface area (Å²) < 4.78 is 5.67. The summed E-state index contributed by atoms with van der Waals surface area (Å²) in [6.45, 7) is 0.456. The molecule has 0 saturated heterocycles. The molecule has 2 amide bonds. The molecule has 1 N–H and O–H groups in total. The van der Waals surface area contributed by atoms with Crippen molar-refractivity contribution in [2.45, 2.75) is 6.54 Å². The molecule has 0 spiro atoms. The van der Waals surface area contributed by atoms with E-state index in [0.29, 0.717) is 17.9 Å². The lowest BCUT2D eigenvalue weighted by Gasteiger charge is -2.15. The third kappa shape index (κ3) is 4.00. The molecule has 0 bridgehead atoms. The van der Waals surface area contributed by atoms with Crippen molar-refractivity contribution in [3.8, 4) is 0 Å². The Hall–Kier alpha value is -3.34. The highest BCUT2D eigenvalue weighted by molar-refractivity contribution is 5.94. The lowest BCUT2D eigenvalue weighted by molar-refractivity contribution is -0.125. The average molecular weight is 348 g/mol. The molecule has 0 unspecified atom stereocenters. The molecule has 0 saturated carbocycles.